The lowest BCUT2D eigenvalue weighted by molar-refractivity contribution is -0.139. The van der Waals surface area contributed by atoms with Gasteiger partial charge in [0.2, 0.25) is 0 Å². The molecule has 0 saturated carbocycles. The summed E-state index contributed by atoms with van der Waals surface area (Å²) in [6, 6.07) is 12.4. The van der Waals surface area contributed by atoms with Crippen molar-refractivity contribution in [3.8, 4) is 5.75 Å². The molecule has 4 rings (SSSR count). The van der Waals surface area contributed by atoms with Crippen molar-refractivity contribution in [1.82, 2.24) is 4.57 Å². The predicted molar refractivity (Wildman–Crippen MR) is 124 cm³/mol. The molecule has 0 fully saturated rings. The monoisotopic (exact) mass is 466 g/mol. The number of halogens is 1. The van der Waals surface area contributed by atoms with Crippen molar-refractivity contribution < 1.29 is 18.7 Å². The number of carbonyl (C=O) groups is 1. The van der Waals surface area contributed by atoms with Crippen LogP contribution < -0.4 is 19.6 Å². The van der Waals surface area contributed by atoms with Gasteiger partial charge in [0.1, 0.15) is 11.6 Å². The number of para-hydroxylation sites is 1. The Bertz CT molecular complexity index is 1400. The number of carbonyl (C=O) groups excluding carboxylic acids is 1. The van der Waals surface area contributed by atoms with Gasteiger partial charge in [0, 0.05) is 5.56 Å². The van der Waals surface area contributed by atoms with Gasteiger partial charge in [-0.1, -0.05) is 41.7 Å². The Balaban J connectivity index is 1.95. The van der Waals surface area contributed by atoms with Crippen molar-refractivity contribution in [2.24, 2.45) is 4.99 Å². The van der Waals surface area contributed by atoms with Gasteiger partial charge in [-0.15, -0.1) is 0 Å². The highest BCUT2D eigenvalue weighted by atomic mass is 32.1. The summed E-state index contributed by atoms with van der Waals surface area (Å²) >= 11 is 1.23. The standard InChI is InChI=1S/C25H23FN2O4S/c1-4-31-19-9-7-6-8-17(19)14-20-23(29)28-22(16-10-12-18(26)13-11-16)21(24(30)32-5-2)15(3)27-25(28)33-20/h6-14,22H,4-5H2,1-3H3/t22-/m0/s1. The second kappa shape index (κ2) is 9.54. The summed E-state index contributed by atoms with van der Waals surface area (Å²) in [6.45, 7) is 6.01. The fourth-order valence-corrected chi connectivity index (χ4v) is 4.82. The number of hydrogen-bond acceptors (Lipinski definition) is 6. The summed E-state index contributed by atoms with van der Waals surface area (Å²) < 4.78 is 26.5. The zero-order valence-corrected chi connectivity index (χ0v) is 19.3. The minimum atomic E-state index is -0.773. The third-order valence-electron chi connectivity index (χ3n) is 5.21. The smallest absolute Gasteiger partial charge is 0.338 e. The van der Waals surface area contributed by atoms with Gasteiger partial charge in [0.05, 0.1) is 35.1 Å². The first-order chi connectivity index (χ1) is 15.9. The largest absolute Gasteiger partial charge is 0.493 e. The number of rotatable bonds is 6. The van der Waals surface area contributed by atoms with Crippen LogP contribution in [0.3, 0.4) is 0 Å². The number of hydrogen-bond donors (Lipinski definition) is 0. The van der Waals surface area contributed by atoms with Crippen LogP contribution in [0.5, 0.6) is 5.75 Å². The van der Waals surface area contributed by atoms with Gasteiger partial charge in [0.15, 0.2) is 4.80 Å². The Hall–Kier alpha value is -3.52. The van der Waals surface area contributed by atoms with E-state index in [4.69, 9.17) is 9.47 Å². The van der Waals surface area contributed by atoms with Crippen molar-refractivity contribution in [1.29, 1.82) is 0 Å². The van der Waals surface area contributed by atoms with Crippen LogP contribution >= 0.6 is 11.3 Å². The van der Waals surface area contributed by atoms with E-state index in [9.17, 15) is 14.0 Å². The zero-order chi connectivity index (χ0) is 23.5. The highest BCUT2D eigenvalue weighted by molar-refractivity contribution is 7.07. The van der Waals surface area contributed by atoms with Crippen molar-refractivity contribution in [3.63, 3.8) is 0 Å². The van der Waals surface area contributed by atoms with Crippen LogP contribution in [0.4, 0.5) is 4.39 Å². The van der Waals surface area contributed by atoms with E-state index in [1.54, 1.807) is 32.1 Å². The Morgan fingerprint density at radius 3 is 2.58 bits per heavy atom. The summed E-state index contributed by atoms with van der Waals surface area (Å²) in [6.07, 6.45) is 1.76. The Morgan fingerprint density at radius 1 is 1.15 bits per heavy atom. The lowest BCUT2D eigenvalue weighted by Gasteiger charge is -2.24. The highest BCUT2D eigenvalue weighted by Crippen LogP contribution is 2.30. The maximum absolute atomic E-state index is 13.6. The molecular formula is C25H23FN2O4S. The molecule has 0 spiro atoms. The summed E-state index contributed by atoms with van der Waals surface area (Å²) in [5.74, 6) is -0.287. The molecule has 1 aromatic heterocycles. The summed E-state index contributed by atoms with van der Waals surface area (Å²) in [4.78, 5) is 31.4. The summed E-state index contributed by atoms with van der Waals surface area (Å²) in [7, 11) is 0. The molecule has 0 bridgehead atoms. The van der Waals surface area contributed by atoms with E-state index >= 15 is 0 Å². The molecule has 0 aliphatic carbocycles. The van der Waals surface area contributed by atoms with Crippen LogP contribution in [0.1, 0.15) is 37.9 Å². The van der Waals surface area contributed by atoms with Crippen LogP contribution in [0, 0.1) is 5.82 Å². The SMILES string of the molecule is CCOC(=O)C1=C(C)N=c2sc(=Cc3ccccc3OCC)c(=O)n2[C@H]1c1ccc(F)cc1. The molecule has 0 unspecified atom stereocenters. The van der Waals surface area contributed by atoms with Crippen molar-refractivity contribution in [2.75, 3.05) is 13.2 Å². The molecule has 1 aliphatic heterocycles. The van der Waals surface area contributed by atoms with Crippen LogP contribution in [-0.4, -0.2) is 23.8 Å². The molecule has 170 valence electrons. The zero-order valence-electron chi connectivity index (χ0n) is 18.5. The number of benzene rings is 2. The summed E-state index contributed by atoms with van der Waals surface area (Å²) in [5, 5.41) is 0. The van der Waals surface area contributed by atoms with E-state index < -0.39 is 17.8 Å². The normalized spacial score (nSPS) is 15.8. The Kier molecular flexibility index (Phi) is 6.55. The quantitative estimate of drug-likeness (QED) is 0.523. The lowest BCUT2D eigenvalue weighted by Crippen LogP contribution is -2.39. The Labute approximate surface area is 193 Å². The fraction of sp³-hybridized carbons (Fsp3) is 0.240. The van der Waals surface area contributed by atoms with E-state index in [2.05, 4.69) is 4.99 Å². The highest BCUT2D eigenvalue weighted by Gasteiger charge is 2.33. The van der Waals surface area contributed by atoms with Gasteiger partial charge in [-0.25, -0.2) is 14.2 Å². The van der Waals surface area contributed by atoms with Crippen molar-refractivity contribution in [2.45, 2.75) is 26.8 Å². The van der Waals surface area contributed by atoms with E-state index in [-0.39, 0.29) is 17.7 Å². The minimum Gasteiger partial charge on any atom is -0.493 e. The van der Waals surface area contributed by atoms with Crippen LogP contribution in [0.25, 0.3) is 6.08 Å². The maximum atomic E-state index is 13.6. The molecule has 1 aliphatic rings. The third-order valence-corrected chi connectivity index (χ3v) is 6.19. The second-order valence-electron chi connectivity index (χ2n) is 7.32. The average molecular weight is 467 g/mol. The van der Waals surface area contributed by atoms with Crippen LogP contribution in [0.2, 0.25) is 0 Å². The molecule has 1 atom stereocenters. The van der Waals surface area contributed by atoms with Gasteiger partial charge >= 0.3 is 5.97 Å². The molecule has 2 heterocycles. The average Bonchev–Trinajstić information content (AvgIpc) is 3.09. The molecule has 6 nitrogen and oxygen atoms in total. The number of allylic oxidation sites excluding steroid dienone is 1. The molecule has 3 aromatic rings. The molecular weight excluding hydrogens is 443 g/mol. The molecule has 0 amide bonds. The fourth-order valence-electron chi connectivity index (χ4n) is 3.78. The van der Waals surface area contributed by atoms with Gasteiger partial charge in [-0.3, -0.25) is 9.36 Å². The van der Waals surface area contributed by atoms with Crippen molar-refractivity contribution in [3.05, 3.63) is 96.4 Å². The predicted octanol–water partition coefficient (Wildman–Crippen LogP) is 3.34. The first kappa shape index (κ1) is 22.7. The van der Waals surface area contributed by atoms with Crippen molar-refractivity contribution >= 4 is 23.4 Å². The number of fused-ring (bicyclic) bond motifs is 1. The summed E-state index contributed by atoms with van der Waals surface area (Å²) in [5.41, 5.74) is 1.79. The number of aromatic nitrogens is 1. The van der Waals surface area contributed by atoms with Crippen LogP contribution in [-0.2, 0) is 9.53 Å². The van der Waals surface area contributed by atoms with Gasteiger partial charge in [0.25, 0.3) is 5.56 Å². The minimum absolute atomic E-state index is 0.185. The number of thiazole rings is 1. The van der Waals surface area contributed by atoms with Gasteiger partial charge in [-0.2, -0.15) is 0 Å². The molecule has 33 heavy (non-hydrogen) atoms. The number of nitrogens with zero attached hydrogens (tertiary/aromatic N) is 2. The van der Waals surface area contributed by atoms with E-state index in [0.29, 0.717) is 33.0 Å². The Morgan fingerprint density at radius 2 is 1.88 bits per heavy atom. The molecule has 0 radical (unpaired) electrons. The molecule has 8 heteroatoms. The first-order valence-corrected chi connectivity index (χ1v) is 11.4. The van der Waals surface area contributed by atoms with E-state index in [0.717, 1.165) is 5.56 Å². The molecule has 0 saturated heterocycles. The van der Waals surface area contributed by atoms with E-state index in [1.807, 2.05) is 31.2 Å². The van der Waals surface area contributed by atoms with Gasteiger partial charge < -0.3 is 9.47 Å². The number of esters is 1. The second-order valence-corrected chi connectivity index (χ2v) is 8.33. The maximum Gasteiger partial charge on any atom is 0.338 e. The third kappa shape index (κ3) is 4.39. The first-order valence-electron chi connectivity index (χ1n) is 10.6. The topological polar surface area (TPSA) is 69.9 Å². The van der Waals surface area contributed by atoms with Gasteiger partial charge in [-0.05, 0) is 50.6 Å². The molecule has 2 aromatic carbocycles. The van der Waals surface area contributed by atoms with Crippen LogP contribution in [0.15, 0.2) is 69.6 Å². The molecule has 0 N–H and O–H groups in total. The lowest BCUT2D eigenvalue weighted by atomic mass is 9.96. The van der Waals surface area contributed by atoms with E-state index in [1.165, 1.54) is 28.0 Å². The number of ether oxygens (including phenoxy) is 2.